The zero-order chi connectivity index (χ0) is 84.2. The molecule has 3 heterocycles. The van der Waals surface area contributed by atoms with E-state index in [1.807, 2.05) is 131 Å². The summed E-state index contributed by atoms with van der Waals surface area (Å²) in [4.78, 5) is 12.6. The van der Waals surface area contributed by atoms with Crippen molar-refractivity contribution in [2.45, 2.75) is 124 Å². The van der Waals surface area contributed by atoms with Gasteiger partial charge in [-0.2, -0.15) is 0 Å². The van der Waals surface area contributed by atoms with Gasteiger partial charge in [-0.15, -0.1) is 5.92 Å². The Kier molecular flexibility index (Phi) is 36.5. The molecule has 0 N–H and O–H groups in total. The highest BCUT2D eigenvalue weighted by atomic mass is 14.7. The molecule has 14 aromatic rings. The third kappa shape index (κ3) is 34.8. The summed E-state index contributed by atoms with van der Waals surface area (Å²) in [6.07, 6.45) is 7.66. The van der Waals surface area contributed by atoms with Crippen molar-refractivity contribution in [3.63, 3.8) is 0 Å². The van der Waals surface area contributed by atoms with Crippen LogP contribution in [0.25, 0.3) is 0 Å². The van der Waals surface area contributed by atoms with Crippen molar-refractivity contribution in [3.8, 4) is 94.7 Å². The monoisotopic (exact) mass is 1530 g/mol. The second kappa shape index (κ2) is 48.4. The van der Waals surface area contributed by atoms with Crippen molar-refractivity contribution >= 4 is 0 Å². The Bertz CT molecular complexity index is 5550. The molecule has 0 fully saturated rings. The van der Waals surface area contributed by atoms with Crippen molar-refractivity contribution in [1.82, 2.24) is 15.0 Å². The number of pyridine rings is 3. The maximum absolute atomic E-state index is 4.22. The third-order valence-corrected chi connectivity index (χ3v) is 17.8. The lowest BCUT2D eigenvalue weighted by Crippen LogP contribution is -1.86. The fourth-order valence-electron chi connectivity index (χ4n) is 10.6. The Balaban J connectivity index is 0.000000181. The van der Waals surface area contributed by atoms with Gasteiger partial charge >= 0.3 is 0 Å². The predicted molar refractivity (Wildman–Crippen MR) is 498 cm³/mol. The molecule has 0 unspecified atom stereocenters. The first-order chi connectivity index (χ1) is 57.1. The molecule has 118 heavy (non-hydrogen) atoms. The Labute approximate surface area is 705 Å². The van der Waals surface area contributed by atoms with Crippen LogP contribution in [0, 0.1) is 185 Å². The minimum atomic E-state index is 0.783. The van der Waals surface area contributed by atoms with Crippen LogP contribution in [-0.4, -0.2) is 15.0 Å². The molecule has 0 amide bonds. The van der Waals surface area contributed by atoms with Gasteiger partial charge in [-0.05, 0) is 296 Å². The van der Waals surface area contributed by atoms with Gasteiger partial charge < -0.3 is 0 Å². The Morgan fingerprint density at radius 3 is 0.678 bits per heavy atom. The smallest absolute Gasteiger partial charge is 0.113 e. The van der Waals surface area contributed by atoms with Gasteiger partial charge in [0.15, 0.2) is 0 Å². The normalized spacial score (nSPS) is 9.39. The van der Waals surface area contributed by atoms with Gasteiger partial charge in [0.2, 0.25) is 0 Å². The number of rotatable bonds is 2. The molecule has 14 rings (SSSR count). The highest BCUT2D eigenvalue weighted by Crippen LogP contribution is 2.15. The van der Waals surface area contributed by atoms with Gasteiger partial charge in [-0.1, -0.05) is 280 Å². The fourth-order valence-corrected chi connectivity index (χ4v) is 10.6. The molecule has 0 aliphatic rings. The zero-order valence-electron chi connectivity index (χ0n) is 71.2. The molecule has 0 spiro atoms. The first-order valence-corrected chi connectivity index (χ1v) is 39.8. The molecule has 0 saturated carbocycles. The number of aryl methyl sites for hydroxylation is 15. The van der Waals surface area contributed by atoms with Crippen LogP contribution in [-0.2, 0) is 12.8 Å². The topological polar surface area (TPSA) is 38.7 Å². The van der Waals surface area contributed by atoms with Crippen molar-refractivity contribution in [3.05, 3.63) is 477 Å². The van der Waals surface area contributed by atoms with Crippen LogP contribution < -0.4 is 0 Å². The molecule has 0 aliphatic heterocycles. The molecule has 0 saturated heterocycles. The van der Waals surface area contributed by atoms with Crippen LogP contribution in [0.5, 0.6) is 0 Å². The number of nitrogens with zero attached hydrogens (tertiary/aromatic N) is 3. The van der Waals surface area contributed by atoms with Crippen LogP contribution in [0.1, 0.15) is 188 Å². The molecular formula is C115H103N3. The largest absolute Gasteiger partial charge is 0.261 e. The fraction of sp³-hybridized carbons (Fsp3) is 0.157. The summed E-state index contributed by atoms with van der Waals surface area (Å²) in [5.41, 5.74) is 33.1. The van der Waals surface area contributed by atoms with Crippen molar-refractivity contribution in [1.29, 1.82) is 0 Å². The Morgan fingerprint density at radius 1 is 0.186 bits per heavy atom. The molecule has 0 bridgehead atoms. The highest BCUT2D eigenvalue weighted by Gasteiger charge is 2.01. The van der Waals surface area contributed by atoms with E-state index in [9.17, 15) is 0 Å². The molecule has 578 valence electrons. The van der Waals surface area contributed by atoms with E-state index in [1.165, 1.54) is 72.5 Å². The minimum Gasteiger partial charge on any atom is -0.261 e. The van der Waals surface area contributed by atoms with E-state index in [0.717, 1.165) is 108 Å². The van der Waals surface area contributed by atoms with E-state index in [1.54, 1.807) is 6.20 Å². The SMILES string of the molecule is CC#Cc1ccc(C)cc1.CCc1ccc(C)cc1.CCc1ccc(C)cn1.Cc1ccc(C#Cc2cc(C#Cc3ccc(C)cc3)cc(C#Cc3ccc(C)cc3)c2)cc1.Cc1ccc(C#Cc2cc(C)cc(C#Cc3ccc(C)cc3)c2)cc1.Cc1ccc(C#Cc2ccc(C)cc2)cc1.Cc1ccc(C#Cc2ccc(C)nc2)nc1. The van der Waals surface area contributed by atoms with E-state index in [2.05, 4.69) is 393 Å². The van der Waals surface area contributed by atoms with E-state index in [-0.39, 0.29) is 0 Å². The second-order valence-corrected chi connectivity index (χ2v) is 28.9. The first-order valence-electron chi connectivity index (χ1n) is 39.8. The maximum atomic E-state index is 4.22. The molecule has 3 heteroatoms. The standard InChI is InChI=1S/C33H24.C25H20.C16H14.C14H12N2.C10H10.C9H12.C8H11N/c1-25-4-10-28(11-5-25)16-19-31-22-32(20-17-29-12-6-26(2)7-13-29)24-33(23-31)21-18-30-14-8-27(3)9-15-30;1-19-4-8-22(9-5-19)12-14-24-16-21(3)17-25(18-24)15-13-23-10-6-20(2)7-11-23;1-13-3-7-15(8-4-13)11-12-16-9-5-14(2)6-10-16;1-11-3-7-14(16-9-11)8-6-13-5-4-12(2)15-10-13;1-3-4-10-7-5-9(2)6-8-10;1-3-9-6-4-8(2)5-7-9;1-3-8-5-4-7(2)6-9-8/h4-15,22-24H,1-3H3;4-11,16-18H,1-3H3;3-10H,1-2H3;3-5,7,9-10H,1-2H3;5-8H,1-2H3;4-7H,3H2,1-2H3;4-6H,3H2,1-2H3. The van der Waals surface area contributed by atoms with E-state index >= 15 is 0 Å². The van der Waals surface area contributed by atoms with Crippen LogP contribution in [0.2, 0.25) is 0 Å². The molecule has 0 aliphatic carbocycles. The van der Waals surface area contributed by atoms with Gasteiger partial charge in [0, 0.05) is 108 Å². The molecule has 11 aromatic carbocycles. The summed E-state index contributed by atoms with van der Waals surface area (Å²) >= 11 is 0. The second-order valence-electron chi connectivity index (χ2n) is 28.9. The van der Waals surface area contributed by atoms with Gasteiger partial charge in [-0.3, -0.25) is 9.97 Å². The average Bonchev–Trinajstić information content (AvgIpc) is 0.851. The quantitative estimate of drug-likeness (QED) is 0.162. The summed E-state index contributed by atoms with van der Waals surface area (Å²) in [6.45, 7) is 32.9. The van der Waals surface area contributed by atoms with Crippen LogP contribution in [0.3, 0.4) is 0 Å². The molecule has 0 atom stereocenters. The summed E-state index contributed by atoms with van der Waals surface area (Å²) in [6, 6.07) is 99.0. The Hall–Kier alpha value is -14.7. The average molecular weight is 1530 g/mol. The number of hydrogen-bond acceptors (Lipinski definition) is 3. The van der Waals surface area contributed by atoms with Crippen molar-refractivity contribution in [2.24, 2.45) is 0 Å². The lowest BCUT2D eigenvalue weighted by molar-refractivity contribution is 1.03. The summed E-state index contributed by atoms with van der Waals surface area (Å²) in [5, 5.41) is 0. The molecular weight excluding hydrogens is 1420 g/mol. The predicted octanol–water partition coefficient (Wildman–Crippen LogP) is 25.3. The van der Waals surface area contributed by atoms with Gasteiger partial charge in [0.25, 0.3) is 0 Å². The summed E-state index contributed by atoms with van der Waals surface area (Å²) in [7, 11) is 0. The summed E-state index contributed by atoms with van der Waals surface area (Å²) < 4.78 is 0. The number of hydrogen-bond donors (Lipinski definition) is 0. The lowest BCUT2D eigenvalue weighted by Gasteiger charge is -1.98. The highest BCUT2D eigenvalue weighted by molar-refractivity contribution is 5.57. The van der Waals surface area contributed by atoms with Crippen molar-refractivity contribution < 1.29 is 0 Å². The van der Waals surface area contributed by atoms with Crippen LogP contribution in [0.4, 0.5) is 0 Å². The van der Waals surface area contributed by atoms with E-state index < -0.39 is 0 Å². The number of aromatic nitrogens is 3. The summed E-state index contributed by atoms with van der Waals surface area (Å²) in [5.74, 6) is 50.8. The third-order valence-electron chi connectivity index (χ3n) is 17.8. The lowest BCUT2D eigenvalue weighted by atomic mass is 10.0. The maximum Gasteiger partial charge on any atom is 0.113 e. The zero-order valence-corrected chi connectivity index (χ0v) is 71.2. The molecule has 3 aromatic heterocycles. The van der Waals surface area contributed by atoms with Crippen LogP contribution >= 0.6 is 0 Å². The van der Waals surface area contributed by atoms with Gasteiger partial charge in [0.1, 0.15) is 5.69 Å². The van der Waals surface area contributed by atoms with E-state index in [0.29, 0.717) is 0 Å². The first kappa shape index (κ1) is 88.9. The van der Waals surface area contributed by atoms with E-state index in [4.69, 9.17) is 0 Å². The molecule has 0 radical (unpaired) electrons. The van der Waals surface area contributed by atoms with Gasteiger partial charge in [-0.25, -0.2) is 4.98 Å². The Morgan fingerprint density at radius 2 is 0.432 bits per heavy atom. The van der Waals surface area contributed by atoms with Crippen molar-refractivity contribution in [2.75, 3.05) is 0 Å². The minimum absolute atomic E-state index is 0.783. The van der Waals surface area contributed by atoms with Crippen LogP contribution in [0.15, 0.2) is 310 Å². The van der Waals surface area contributed by atoms with Gasteiger partial charge in [0.05, 0.1) is 0 Å². The molecule has 3 nitrogen and oxygen atoms in total. The number of benzene rings is 11.